The molecule has 0 unspecified atom stereocenters. The summed E-state index contributed by atoms with van der Waals surface area (Å²) in [4.78, 5) is 21.7. The monoisotopic (exact) mass is 265 g/mol. The van der Waals surface area contributed by atoms with E-state index in [-0.39, 0.29) is 12.3 Å². The van der Waals surface area contributed by atoms with Crippen molar-refractivity contribution in [3.05, 3.63) is 24.3 Å². The molecule has 5 heteroatoms. The van der Waals surface area contributed by atoms with E-state index in [2.05, 4.69) is 5.32 Å². The lowest BCUT2D eigenvalue weighted by atomic mass is 10.2. The SMILES string of the molecule is CCCC(=O)Nc1ccc(OCCCC(=O)O)cc1. The first kappa shape index (κ1) is 15.0. The van der Waals surface area contributed by atoms with Gasteiger partial charge in [-0.25, -0.2) is 0 Å². The Morgan fingerprint density at radius 2 is 1.89 bits per heavy atom. The van der Waals surface area contributed by atoms with Gasteiger partial charge >= 0.3 is 5.97 Å². The highest BCUT2D eigenvalue weighted by molar-refractivity contribution is 5.90. The number of ether oxygens (including phenoxy) is 1. The number of carboxylic acid groups (broad SMARTS) is 1. The Hall–Kier alpha value is -2.04. The molecule has 1 amide bonds. The number of aliphatic carboxylic acids is 1. The molecule has 0 aromatic heterocycles. The number of nitrogens with one attached hydrogen (secondary N) is 1. The van der Waals surface area contributed by atoms with Crippen LogP contribution in [0.3, 0.4) is 0 Å². The Morgan fingerprint density at radius 1 is 1.21 bits per heavy atom. The second kappa shape index (κ2) is 8.13. The normalized spacial score (nSPS) is 9.95. The van der Waals surface area contributed by atoms with Gasteiger partial charge < -0.3 is 15.2 Å². The zero-order valence-corrected chi connectivity index (χ0v) is 11.0. The Balaban J connectivity index is 2.35. The molecule has 1 aromatic carbocycles. The van der Waals surface area contributed by atoms with Crippen LogP contribution >= 0.6 is 0 Å². The predicted molar refractivity (Wildman–Crippen MR) is 72.3 cm³/mol. The number of carboxylic acids is 1. The number of carbonyl (C=O) groups excluding carboxylic acids is 1. The zero-order valence-electron chi connectivity index (χ0n) is 11.0. The molecule has 0 atom stereocenters. The van der Waals surface area contributed by atoms with E-state index in [1.807, 2.05) is 6.92 Å². The zero-order chi connectivity index (χ0) is 14.1. The summed E-state index contributed by atoms with van der Waals surface area (Å²) in [6.45, 7) is 2.32. The van der Waals surface area contributed by atoms with E-state index < -0.39 is 5.97 Å². The molecule has 0 fully saturated rings. The van der Waals surface area contributed by atoms with Crippen molar-refractivity contribution in [3.63, 3.8) is 0 Å². The molecule has 1 aromatic rings. The van der Waals surface area contributed by atoms with Crippen LogP contribution in [0.1, 0.15) is 32.6 Å². The minimum atomic E-state index is -0.822. The van der Waals surface area contributed by atoms with Gasteiger partial charge in [-0.15, -0.1) is 0 Å². The fourth-order valence-electron chi connectivity index (χ4n) is 1.50. The molecule has 19 heavy (non-hydrogen) atoms. The van der Waals surface area contributed by atoms with Crippen molar-refractivity contribution in [2.45, 2.75) is 32.6 Å². The maximum Gasteiger partial charge on any atom is 0.303 e. The second-order valence-corrected chi connectivity index (χ2v) is 4.17. The van der Waals surface area contributed by atoms with Crippen molar-refractivity contribution in [3.8, 4) is 5.75 Å². The van der Waals surface area contributed by atoms with Crippen LogP contribution in [0.25, 0.3) is 0 Å². The Kier molecular flexibility index (Phi) is 6.43. The number of hydrogen-bond donors (Lipinski definition) is 2. The number of rotatable bonds is 8. The third kappa shape index (κ3) is 6.45. The van der Waals surface area contributed by atoms with Crippen molar-refractivity contribution in [2.75, 3.05) is 11.9 Å². The van der Waals surface area contributed by atoms with E-state index in [9.17, 15) is 9.59 Å². The van der Waals surface area contributed by atoms with Gasteiger partial charge in [0.05, 0.1) is 6.61 Å². The average molecular weight is 265 g/mol. The minimum Gasteiger partial charge on any atom is -0.494 e. The lowest BCUT2D eigenvalue weighted by molar-refractivity contribution is -0.137. The highest BCUT2D eigenvalue weighted by Crippen LogP contribution is 2.16. The number of anilines is 1. The maximum atomic E-state index is 11.4. The summed E-state index contributed by atoms with van der Waals surface area (Å²) in [6.07, 6.45) is 1.90. The molecule has 0 aliphatic heterocycles. The molecule has 1 rings (SSSR count). The smallest absolute Gasteiger partial charge is 0.303 e. The molecular formula is C14H19NO4. The molecule has 0 saturated heterocycles. The van der Waals surface area contributed by atoms with Crippen LogP contribution < -0.4 is 10.1 Å². The summed E-state index contributed by atoms with van der Waals surface area (Å²) in [5.74, 6) is -0.158. The first-order valence-corrected chi connectivity index (χ1v) is 6.36. The van der Waals surface area contributed by atoms with Gasteiger partial charge in [-0.3, -0.25) is 9.59 Å². The Morgan fingerprint density at radius 3 is 2.47 bits per heavy atom. The summed E-state index contributed by atoms with van der Waals surface area (Å²) in [5.41, 5.74) is 0.733. The number of amides is 1. The van der Waals surface area contributed by atoms with Crippen LogP contribution in [0.15, 0.2) is 24.3 Å². The molecule has 5 nitrogen and oxygen atoms in total. The average Bonchev–Trinajstić information content (AvgIpc) is 2.36. The lowest BCUT2D eigenvalue weighted by Crippen LogP contribution is -2.10. The van der Waals surface area contributed by atoms with Gasteiger partial charge in [0, 0.05) is 18.5 Å². The van der Waals surface area contributed by atoms with Gasteiger partial charge in [0.2, 0.25) is 5.91 Å². The fourth-order valence-corrected chi connectivity index (χ4v) is 1.50. The summed E-state index contributed by atoms with van der Waals surface area (Å²) in [7, 11) is 0. The molecule has 0 aliphatic carbocycles. The molecule has 0 aliphatic rings. The van der Waals surface area contributed by atoms with Gasteiger partial charge in [0.25, 0.3) is 0 Å². The molecule has 2 N–H and O–H groups in total. The van der Waals surface area contributed by atoms with E-state index in [4.69, 9.17) is 9.84 Å². The minimum absolute atomic E-state index is 0.00220. The Labute approximate surface area is 112 Å². The predicted octanol–water partition coefficient (Wildman–Crippen LogP) is 2.67. The van der Waals surface area contributed by atoms with Crippen molar-refractivity contribution in [2.24, 2.45) is 0 Å². The first-order chi connectivity index (χ1) is 9.11. The van der Waals surface area contributed by atoms with Crippen LogP contribution in [0.5, 0.6) is 5.75 Å². The molecule has 104 valence electrons. The molecule has 0 bridgehead atoms. The van der Waals surface area contributed by atoms with Crippen molar-refractivity contribution in [1.82, 2.24) is 0 Å². The van der Waals surface area contributed by atoms with E-state index in [0.29, 0.717) is 25.2 Å². The van der Waals surface area contributed by atoms with Gasteiger partial charge in [-0.05, 0) is 37.1 Å². The van der Waals surface area contributed by atoms with E-state index in [1.165, 1.54) is 0 Å². The van der Waals surface area contributed by atoms with Crippen molar-refractivity contribution >= 4 is 17.6 Å². The van der Waals surface area contributed by atoms with Gasteiger partial charge in [0.15, 0.2) is 0 Å². The highest BCUT2D eigenvalue weighted by Gasteiger charge is 2.01. The van der Waals surface area contributed by atoms with Crippen molar-refractivity contribution in [1.29, 1.82) is 0 Å². The number of benzene rings is 1. The molecule has 0 saturated carbocycles. The van der Waals surface area contributed by atoms with E-state index in [0.717, 1.165) is 12.1 Å². The summed E-state index contributed by atoms with van der Waals surface area (Å²) in [5, 5.41) is 11.3. The van der Waals surface area contributed by atoms with Crippen LogP contribution in [0, 0.1) is 0 Å². The number of carbonyl (C=O) groups is 2. The van der Waals surface area contributed by atoms with Crippen LogP contribution in [0.2, 0.25) is 0 Å². The Bertz CT molecular complexity index is 414. The summed E-state index contributed by atoms with van der Waals surface area (Å²) in [6, 6.07) is 7.03. The van der Waals surface area contributed by atoms with Gasteiger partial charge in [0.1, 0.15) is 5.75 Å². The third-order valence-electron chi connectivity index (χ3n) is 2.42. The molecule has 0 spiro atoms. The standard InChI is InChI=1S/C14H19NO4/c1-2-4-13(16)15-11-6-8-12(9-7-11)19-10-3-5-14(17)18/h6-9H,2-5,10H2,1H3,(H,15,16)(H,17,18). The molecule has 0 radical (unpaired) electrons. The van der Waals surface area contributed by atoms with Crippen molar-refractivity contribution < 1.29 is 19.4 Å². The van der Waals surface area contributed by atoms with E-state index in [1.54, 1.807) is 24.3 Å². The van der Waals surface area contributed by atoms with Gasteiger partial charge in [-0.2, -0.15) is 0 Å². The third-order valence-corrected chi connectivity index (χ3v) is 2.42. The largest absolute Gasteiger partial charge is 0.494 e. The molecular weight excluding hydrogens is 246 g/mol. The topological polar surface area (TPSA) is 75.6 Å². The van der Waals surface area contributed by atoms with Crippen LogP contribution in [-0.4, -0.2) is 23.6 Å². The van der Waals surface area contributed by atoms with Crippen LogP contribution in [-0.2, 0) is 9.59 Å². The number of hydrogen-bond acceptors (Lipinski definition) is 3. The summed E-state index contributed by atoms with van der Waals surface area (Å²) >= 11 is 0. The maximum absolute atomic E-state index is 11.4. The lowest BCUT2D eigenvalue weighted by Gasteiger charge is -2.07. The highest BCUT2D eigenvalue weighted by atomic mass is 16.5. The summed E-state index contributed by atoms with van der Waals surface area (Å²) < 4.78 is 5.39. The second-order valence-electron chi connectivity index (χ2n) is 4.17. The van der Waals surface area contributed by atoms with Crippen LogP contribution in [0.4, 0.5) is 5.69 Å². The quantitative estimate of drug-likeness (QED) is 0.708. The first-order valence-electron chi connectivity index (χ1n) is 6.36. The van der Waals surface area contributed by atoms with E-state index >= 15 is 0 Å². The molecule has 0 heterocycles. The van der Waals surface area contributed by atoms with Gasteiger partial charge in [-0.1, -0.05) is 6.92 Å². The fraction of sp³-hybridized carbons (Fsp3) is 0.429.